The predicted molar refractivity (Wildman–Crippen MR) is 89.2 cm³/mol. The number of hydrogen-bond donors (Lipinski definition) is 2. The second-order valence-corrected chi connectivity index (χ2v) is 4.97. The Bertz CT molecular complexity index is 421. The zero-order valence-electron chi connectivity index (χ0n) is 11.7. The number of nitrogens with zero attached hydrogens (tertiary/aromatic N) is 1. The summed E-state index contributed by atoms with van der Waals surface area (Å²) in [6.07, 6.45) is 2.47. The third kappa shape index (κ3) is 5.19. The fourth-order valence-electron chi connectivity index (χ4n) is 2.26. The van der Waals surface area contributed by atoms with E-state index in [-0.39, 0.29) is 37.3 Å². The summed E-state index contributed by atoms with van der Waals surface area (Å²) in [4.78, 5) is 13.6. The Hall–Kier alpha value is -0.970. The average molecular weight is 320 g/mol. The van der Waals surface area contributed by atoms with Gasteiger partial charge >= 0.3 is 0 Å². The maximum atomic E-state index is 11.3. The molecule has 0 saturated carbocycles. The number of benzene rings is 1. The Kier molecular flexibility index (Phi) is 8.62. The lowest BCUT2D eigenvalue weighted by Gasteiger charge is -2.32. The second-order valence-electron chi connectivity index (χ2n) is 4.97. The summed E-state index contributed by atoms with van der Waals surface area (Å²) < 4.78 is 0. The summed E-state index contributed by atoms with van der Waals surface area (Å²) in [6.45, 7) is 4.51. The van der Waals surface area contributed by atoms with Crippen LogP contribution in [-0.2, 0) is 4.79 Å². The number of nitrogens with one attached hydrogen (secondary N) is 1. The maximum Gasteiger partial charge on any atom is 0.238 e. The van der Waals surface area contributed by atoms with Gasteiger partial charge in [-0.25, -0.2) is 0 Å². The minimum absolute atomic E-state index is 0. The number of piperidine rings is 1. The SMILES string of the molecule is CC1CCN(c2cccc(NC(=O)CN)c2)CC1.Cl.Cl. The molecule has 0 radical (unpaired) electrons. The highest BCUT2D eigenvalue weighted by atomic mass is 35.5. The minimum Gasteiger partial charge on any atom is -0.371 e. The van der Waals surface area contributed by atoms with Crippen molar-refractivity contribution in [3.63, 3.8) is 0 Å². The molecule has 0 bridgehead atoms. The van der Waals surface area contributed by atoms with Crippen molar-refractivity contribution < 1.29 is 4.79 Å². The lowest BCUT2D eigenvalue weighted by molar-refractivity contribution is -0.114. The van der Waals surface area contributed by atoms with Crippen LogP contribution in [0.1, 0.15) is 19.8 Å². The van der Waals surface area contributed by atoms with Crippen molar-refractivity contribution in [2.24, 2.45) is 11.7 Å². The zero-order valence-corrected chi connectivity index (χ0v) is 13.3. The van der Waals surface area contributed by atoms with Gasteiger partial charge in [-0.15, -0.1) is 24.8 Å². The normalized spacial score (nSPS) is 15.0. The topological polar surface area (TPSA) is 58.4 Å². The first-order chi connectivity index (χ1) is 8.69. The van der Waals surface area contributed by atoms with Gasteiger partial charge in [-0.1, -0.05) is 13.0 Å². The van der Waals surface area contributed by atoms with Crippen molar-refractivity contribution in [3.05, 3.63) is 24.3 Å². The van der Waals surface area contributed by atoms with Gasteiger partial charge in [0.15, 0.2) is 0 Å². The summed E-state index contributed by atoms with van der Waals surface area (Å²) in [6, 6.07) is 7.97. The van der Waals surface area contributed by atoms with E-state index in [1.807, 2.05) is 18.2 Å². The number of rotatable bonds is 3. The van der Waals surface area contributed by atoms with Crippen molar-refractivity contribution >= 4 is 42.1 Å². The van der Waals surface area contributed by atoms with E-state index >= 15 is 0 Å². The molecule has 1 aliphatic heterocycles. The van der Waals surface area contributed by atoms with E-state index in [2.05, 4.69) is 23.2 Å². The van der Waals surface area contributed by atoms with Crippen LogP contribution in [0.2, 0.25) is 0 Å². The molecule has 4 nitrogen and oxygen atoms in total. The highest BCUT2D eigenvalue weighted by Gasteiger charge is 2.16. The van der Waals surface area contributed by atoms with Gasteiger partial charge in [0.2, 0.25) is 5.91 Å². The van der Waals surface area contributed by atoms with E-state index in [4.69, 9.17) is 5.73 Å². The molecular weight excluding hydrogens is 297 g/mol. The molecule has 1 amide bonds. The van der Waals surface area contributed by atoms with E-state index in [9.17, 15) is 4.79 Å². The van der Waals surface area contributed by atoms with E-state index in [1.54, 1.807) is 0 Å². The first-order valence-corrected chi connectivity index (χ1v) is 6.54. The summed E-state index contributed by atoms with van der Waals surface area (Å²) >= 11 is 0. The van der Waals surface area contributed by atoms with Crippen LogP contribution in [0.4, 0.5) is 11.4 Å². The van der Waals surface area contributed by atoms with Crippen LogP contribution in [0.3, 0.4) is 0 Å². The summed E-state index contributed by atoms with van der Waals surface area (Å²) in [7, 11) is 0. The van der Waals surface area contributed by atoms with Crippen molar-refractivity contribution in [1.29, 1.82) is 0 Å². The molecule has 20 heavy (non-hydrogen) atoms. The Morgan fingerprint density at radius 1 is 1.35 bits per heavy atom. The zero-order chi connectivity index (χ0) is 13.0. The lowest BCUT2D eigenvalue weighted by Crippen LogP contribution is -2.32. The Labute approximate surface area is 132 Å². The molecule has 1 aliphatic rings. The highest BCUT2D eigenvalue weighted by molar-refractivity contribution is 5.92. The predicted octanol–water partition coefficient (Wildman–Crippen LogP) is 2.66. The van der Waals surface area contributed by atoms with Crippen LogP contribution in [0.5, 0.6) is 0 Å². The van der Waals surface area contributed by atoms with Gasteiger partial charge in [0.1, 0.15) is 0 Å². The van der Waals surface area contributed by atoms with Crippen molar-refractivity contribution in [2.45, 2.75) is 19.8 Å². The van der Waals surface area contributed by atoms with Gasteiger partial charge in [-0.05, 0) is 37.0 Å². The van der Waals surface area contributed by atoms with Crippen molar-refractivity contribution in [1.82, 2.24) is 0 Å². The van der Waals surface area contributed by atoms with Gasteiger partial charge < -0.3 is 16.0 Å². The number of carbonyl (C=O) groups is 1. The summed E-state index contributed by atoms with van der Waals surface area (Å²) in [5.41, 5.74) is 7.29. The summed E-state index contributed by atoms with van der Waals surface area (Å²) in [5.74, 6) is 0.667. The van der Waals surface area contributed by atoms with Crippen molar-refractivity contribution in [2.75, 3.05) is 29.9 Å². The number of nitrogens with two attached hydrogens (primary N) is 1. The third-order valence-electron chi connectivity index (χ3n) is 3.46. The van der Waals surface area contributed by atoms with Crippen LogP contribution in [0, 0.1) is 5.92 Å². The smallest absolute Gasteiger partial charge is 0.238 e. The standard InChI is InChI=1S/C14H21N3O.2ClH/c1-11-5-7-17(8-6-11)13-4-2-3-12(9-13)16-14(18)10-15;;/h2-4,9,11H,5-8,10,15H2,1H3,(H,16,18);2*1H. The molecule has 6 heteroatoms. The van der Waals surface area contributed by atoms with Crippen LogP contribution in [0.15, 0.2) is 24.3 Å². The minimum atomic E-state index is -0.153. The molecule has 1 aromatic carbocycles. The van der Waals surface area contributed by atoms with E-state index in [1.165, 1.54) is 18.5 Å². The molecule has 0 aromatic heterocycles. The number of carbonyl (C=O) groups excluding carboxylic acids is 1. The molecule has 3 N–H and O–H groups in total. The maximum absolute atomic E-state index is 11.3. The average Bonchev–Trinajstić information content (AvgIpc) is 2.40. The number of halogens is 2. The Morgan fingerprint density at radius 2 is 2.00 bits per heavy atom. The summed E-state index contributed by atoms with van der Waals surface area (Å²) in [5, 5.41) is 2.79. The largest absolute Gasteiger partial charge is 0.371 e. The molecule has 1 fully saturated rings. The molecule has 1 aromatic rings. The monoisotopic (exact) mass is 319 g/mol. The second kappa shape index (κ2) is 9.06. The molecular formula is C14H23Cl2N3O. The van der Waals surface area contributed by atoms with Gasteiger partial charge in [0.25, 0.3) is 0 Å². The quantitative estimate of drug-likeness (QED) is 0.900. The van der Waals surface area contributed by atoms with Crippen LogP contribution >= 0.6 is 24.8 Å². The van der Waals surface area contributed by atoms with Gasteiger partial charge in [0.05, 0.1) is 6.54 Å². The van der Waals surface area contributed by atoms with Gasteiger partial charge in [-0.2, -0.15) is 0 Å². The Balaban J connectivity index is 0.00000180. The van der Waals surface area contributed by atoms with Crippen LogP contribution in [-0.4, -0.2) is 25.5 Å². The fourth-order valence-corrected chi connectivity index (χ4v) is 2.26. The highest BCUT2D eigenvalue weighted by Crippen LogP contribution is 2.25. The van der Waals surface area contributed by atoms with E-state index in [0.717, 1.165) is 24.7 Å². The first-order valence-electron chi connectivity index (χ1n) is 6.54. The molecule has 2 rings (SSSR count). The molecule has 1 saturated heterocycles. The van der Waals surface area contributed by atoms with Crippen LogP contribution in [0.25, 0.3) is 0 Å². The van der Waals surface area contributed by atoms with Gasteiger partial charge in [-0.3, -0.25) is 4.79 Å². The van der Waals surface area contributed by atoms with Gasteiger partial charge in [0, 0.05) is 24.5 Å². The number of hydrogen-bond acceptors (Lipinski definition) is 3. The first kappa shape index (κ1) is 19.0. The molecule has 1 heterocycles. The number of amides is 1. The molecule has 0 atom stereocenters. The lowest BCUT2D eigenvalue weighted by atomic mass is 9.99. The molecule has 0 aliphatic carbocycles. The number of anilines is 2. The molecule has 0 unspecified atom stereocenters. The third-order valence-corrected chi connectivity index (χ3v) is 3.46. The Morgan fingerprint density at radius 3 is 2.60 bits per heavy atom. The molecule has 114 valence electrons. The van der Waals surface area contributed by atoms with Crippen LogP contribution < -0.4 is 16.0 Å². The molecule has 0 spiro atoms. The van der Waals surface area contributed by atoms with Crippen molar-refractivity contribution in [3.8, 4) is 0 Å². The van der Waals surface area contributed by atoms with E-state index < -0.39 is 0 Å². The fraction of sp³-hybridized carbons (Fsp3) is 0.500. The van der Waals surface area contributed by atoms with E-state index in [0.29, 0.717) is 0 Å².